The first-order valence-corrected chi connectivity index (χ1v) is 6.38. The number of pyridine rings is 1. The average Bonchev–Trinajstić information content (AvgIpc) is 2.41. The maximum Gasteiger partial charge on any atom is 0.200 e. The zero-order valence-electron chi connectivity index (χ0n) is 10.4. The molecule has 1 aromatic carbocycles. The third-order valence-corrected chi connectivity index (χ3v) is 3.12. The monoisotopic (exact) mass is 401 g/mol. The molecule has 0 aliphatic rings. The summed E-state index contributed by atoms with van der Waals surface area (Å²) in [5, 5.41) is 0. The molecule has 0 saturated carbocycles. The molecule has 0 aliphatic heterocycles. The maximum absolute atomic E-state index is 12.4. The van der Waals surface area contributed by atoms with Crippen molar-refractivity contribution in [3.63, 3.8) is 0 Å². The van der Waals surface area contributed by atoms with Crippen LogP contribution >= 0.6 is 22.6 Å². The number of nitrogens with zero attached hydrogens (tertiary/aromatic N) is 1. The minimum absolute atomic E-state index is 0.899. The standard InChI is InChI=1S/C7H9N.C6F5I/c1-6-3-7(2)5-8-4-6;7-1-2(8)4(10)6(12)5(11)3(1)9/h3-5H,1-2H3;. The van der Waals surface area contributed by atoms with Crippen LogP contribution in [-0.4, -0.2) is 4.98 Å². The molecule has 0 N–H and O–H groups in total. The zero-order chi connectivity index (χ0) is 15.4. The molecule has 2 rings (SSSR count). The van der Waals surface area contributed by atoms with E-state index in [0.717, 1.165) is 22.6 Å². The SMILES string of the molecule is Cc1cncc(C)c1.Fc1c(F)c(F)c(I)c(F)c1F. The largest absolute Gasteiger partial charge is 0.264 e. The summed E-state index contributed by atoms with van der Waals surface area (Å²) in [5.41, 5.74) is 2.45. The van der Waals surface area contributed by atoms with Gasteiger partial charge in [0, 0.05) is 12.4 Å². The first-order valence-electron chi connectivity index (χ1n) is 5.30. The molecule has 108 valence electrons. The predicted octanol–water partition coefficient (Wildman–Crippen LogP) is 4.69. The fourth-order valence-corrected chi connectivity index (χ4v) is 1.76. The van der Waals surface area contributed by atoms with E-state index >= 15 is 0 Å². The fraction of sp³-hybridized carbons (Fsp3) is 0.154. The molecule has 0 radical (unpaired) electrons. The van der Waals surface area contributed by atoms with Crippen LogP contribution in [0.5, 0.6) is 0 Å². The van der Waals surface area contributed by atoms with Gasteiger partial charge >= 0.3 is 0 Å². The molecule has 20 heavy (non-hydrogen) atoms. The summed E-state index contributed by atoms with van der Waals surface area (Å²) in [5.74, 6) is -9.57. The summed E-state index contributed by atoms with van der Waals surface area (Å²) in [6, 6.07) is 2.10. The van der Waals surface area contributed by atoms with Crippen molar-refractivity contribution in [1.82, 2.24) is 4.98 Å². The molecule has 0 atom stereocenters. The van der Waals surface area contributed by atoms with Crippen LogP contribution in [0.1, 0.15) is 11.1 Å². The highest BCUT2D eigenvalue weighted by Gasteiger charge is 2.23. The van der Waals surface area contributed by atoms with Crippen LogP contribution in [0, 0.1) is 46.5 Å². The minimum atomic E-state index is -2.13. The highest BCUT2D eigenvalue weighted by Crippen LogP contribution is 2.23. The van der Waals surface area contributed by atoms with Crippen LogP contribution in [0.2, 0.25) is 0 Å². The van der Waals surface area contributed by atoms with E-state index in [0.29, 0.717) is 0 Å². The summed E-state index contributed by atoms with van der Waals surface area (Å²) in [6.07, 6.45) is 3.71. The molecule has 7 heteroatoms. The Morgan fingerprint density at radius 2 is 1.10 bits per heavy atom. The van der Waals surface area contributed by atoms with Gasteiger partial charge in [0.05, 0.1) is 3.57 Å². The van der Waals surface area contributed by atoms with Gasteiger partial charge in [-0.1, -0.05) is 6.07 Å². The lowest BCUT2D eigenvalue weighted by Crippen LogP contribution is -2.03. The number of hydrogen-bond donors (Lipinski definition) is 0. The molecule has 0 spiro atoms. The molecule has 0 bridgehead atoms. The molecule has 0 amide bonds. The summed E-state index contributed by atoms with van der Waals surface area (Å²) >= 11 is 1.04. The third kappa shape index (κ3) is 3.87. The van der Waals surface area contributed by atoms with Gasteiger partial charge in [-0.05, 0) is 47.6 Å². The zero-order valence-corrected chi connectivity index (χ0v) is 12.6. The van der Waals surface area contributed by atoms with Gasteiger partial charge in [0.15, 0.2) is 23.3 Å². The van der Waals surface area contributed by atoms with Gasteiger partial charge in [-0.25, -0.2) is 22.0 Å². The van der Waals surface area contributed by atoms with Gasteiger partial charge in [0.25, 0.3) is 0 Å². The van der Waals surface area contributed by atoms with Crippen LogP contribution in [0.3, 0.4) is 0 Å². The highest BCUT2D eigenvalue weighted by atomic mass is 127. The van der Waals surface area contributed by atoms with Crippen LogP contribution in [-0.2, 0) is 0 Å². The van der Waals surface area contributed by atoms with E-state index < -0.39 is 32.7 Å². The van der Waals surface area contributed by atoms with Crippen LogP contribution < -0.4 is 0 Å². The van der Waals surface area contributed by atoms with E-state index in [2.05, 4.69) is 11.1 Å². The van der Waals surface area contributed by atoms with Crippen LogP contribution in [0.25, 0.3) is 0 Å². The minimum Gasteiger partial charge on any atom is -0.264 e. The second kappa shape index (κ2) is 6.96. The van der Waals surface area contributed by atoms with E-state index in [4.69, 9.17) is 0 Å². The summed E-state index contributed by atoms with van der Waals surface area (Å²) in [7, 11) is 0. The van der Waals surface area contributed by atoms with E-state index in [-0.39, 0.29) is 0 Å². The Kier molecular flexibility index (Phi) is 5.85. The molecule has 0 fully saturated rings. The van der Waals surface area contributed by atoms with Crippen molar-refractivity contribution in [3.8, 4) is 0 Å². The second-order valence-electron chi connectivity index (χ2n) is 3.92. The highest BCUT2D eigenvalue weighted by molar-refractivity contribution is 14.1. The number of aryl methyl sites for hydroxylation is 2. The van der Waals surface area contributed by atoms with E-state index in [1.165, 1.54) is 11.1 Å². The van der Waals surface area contributed by atoms with Gasteiger partial charge in [-0.15, -0.1) is 0 Å². The van der Waals surface area contributed by atoms with Crippen molar-refractivity contribution in [2.75, 3.05) is 0 Å². The lowest BCUT2D eigenvalue weighted by atomic mass is 10.2. The number of benzene rings is 1. The Balaban J connectivity index is 0.000000217. The van der Waals surface area contributed by atoms with Gasteiger partial charge < -0.3 is 0 Å². The predicted molar refractivity (Wildman–Crippen MR) is 72.7 cm³/mol. The summed E-state index contributed by atoms with van der Waals surface area (Å²) < 4.78 is 60.6. The van der Waals surface area contributed by atoms with Crippen LogP contribution in [0.4, 0.5) is 22.0 Å². The molecule has 0 saturated heterocycles. The number of halogens is 6. The Bertz CT molecular complexity index is 508. The topological polar surface area (TPSA) is 12.9 Å². The Labute approximate surface area is 126 Å². The molecule has 1 heterocycles. The van der Waals surface area contributed by atoms with Crippen molar-refractivity contribution in [3.05, 3.63) is 62.2 Å². The average molecular weight is 401 g/mol. The fourth-order valence-electron chi connectivity index (χ4n) is 1.28. The van der Waals surface area contributed by atoms with Crippen molar-refractivity contribution >= 4 is 22.6 Å². The van der Waals surface area contributed by atoms with Crippen molar-refractivity contribution in [2.45, 2.75) is 13.8 Å². The smallest absolute Gasteiger partial charge is 0.200 e. The van der Waals surface area contributed by atoms with Gasteiger partial charge in [0.2, 0.25) is 5.82 Å². The summed E-state index contributed by atoms with van der Waals surface area (Å²) in [4.78, 5) is 3.98. The summed E-state index contributed by atoms with van der Waals surface area (Å²) in [6.45, 7) is 4.08. The normalized spacial score (nSPS) is 10.0. The molecule has 0 aliphatic carbocycles. The number of aromatic nitrogens is 1. The van der Waals surface area contributed by atoms with Gasteiger partial charge in [0.1, 0.15) is 0 Å². The van der Waals surface area contributed by atoms with E-state index in [1.807, 2.05) is 26.2 Å². The first-order chi connectivity index (χ1) is 9.25. The molecule has 1 nitrogen and oxygen atoms in total. The quantitative estimate of drug-likeness (QED) is 0.270. The Morgan fingerprint density at radius 1 is 0.750 bits per heavy atom. The van der Waals surface area contributed by atoms with Crippen LogP contribution in [0.15, 0.2) is 18.5 Å². The van der Waals surface area contributed by atoms with Crippen molar-refractivity contribution in [2.24, 2.45) is 0 Å². The lowest BCUT2D eigenvalue weighted by Gasteiger charge is -2.00. The lowest BCUT2D eigenvalue weighted by molar-refractivity contribution is 0.373. The maximum atomic E-state index is 12.4. The third-order valence-electron chi connectivity index (χ3n) is 2.17. The molecule has 0 unspecified atom stereocenters. The van der Waals surface area contributed by atoms with E-state index in [9.17, 15) is 22.0 Å². The second-order valence-corrected chi connectivity index (χ2v) is 5.00. The molecule has 1 aromatic heterocycles. The molecule has 2 aromatic rings. The van der Waals surface area contributed by atoms with Crippen molar-refractivity contribution in [1.29, 1.82) is 0 Å². The van der Waals surface area contributed by atoms with Crippen molar-refractivity contribution < 1.29 is 22.0 Å². The van der Waals surface area contributed by atoms with Gasteiger partial charge in [-0.2, -0.15) is 0 Å². The number of rotatable bonds is 0. The molecular formula is C13H9F5IN. The first kappa shape index (κ1) is 16.8. The Hall–Kier alpha value is -1.25. The Morgan fingerprint density at radius 3 is 1.40 bits per heavy atom. The van der Waals surface area contributed by atoms with E-state index in [1.54, 1.807) is 0 Å². The molecular weight excluding hydrogens is 392 g/mol. The van der Waals surface area contributed by atoms with Gasteiger partial charge in [-0.3, -0.25) is 4.98 Å². The number of hydrogen-bond acceptors (Lipinski definition) is 1.